The molecule has 10 heteroatoms. The van der Waals surface area contributed by atoms with E-state index >= 15 is 0 Å². The summed E-state index contributed by atoms with van der Waals surface area (Å²) in [5, 5.41) is 20.0. The van der Waals surface area contributed by atoms with Gasteiger partial charge in [-0.3, -0.25) is 0 Å². The maximum absolute atomic E-state index is 11.2. The van der Waals surface area contributed by atoms with Crippen LogP contribution in [0.4, 0.5) is 4.79 Å². The van der Waals surface area contributed by atoms with E-state index in [9.17, 15) is 14.7 Å². The molecule has 0 aliphatic rings. The van der Waals surface area contributed by atoms with E-state index in [2.05, 4.69) is 20.6 Å². The van der Waals surface area contributed by atoms with Crippen LogP contribution in [0.3, 0.4) is 0 Å². The molecular formula is C18H29N5O4V. The van der Waals surface area contributed by atoms with Gasteiger partial charge in [0, 0.05) is 32.7 Å². The fourth-order valence-corrected chi connectivity index (χ4v) is 1.83. The molecule has 0 aliphatic carbocycles. The topological polar surface area (TPSA) is 119 Å². The summed E-state index contributed by atoms with van der Waals surface area (Å²) in [6.07, 6.45) is 0.0689. The Bertz CT molecular complexity index is 746. The summed E-state index contributed by atoms with van der Waals surface area (Å²) in [5.41, 5.74) is 2.31. The van der Waals surface area contributed by atoms with E-state index in [1.807, 2.05) is 20.8 Å². The Morgan fingerprint density at radius 1 is 1.25 bits per heavy atom. The van der Waals surface area contributed by atoms with Crippen molar-refractivity contribution >= 4 is 11.9 Å². The number of carbonyl (C=O) groups excluding carboxylic acids is 2. The third kappa shape index (κ3) is 9.01. The molecular weight excluding hydrogens is 401 g/mol. The number of pyridine rings is 1. The number of rotatable bonds is 4. The first kappa shape index (κ1) is 27.8. The van der Waals surface area contributed by atoms with Crippen LogP contribution in [0.5, 0.6) is 5.75 Å². The van der Waals surface area contributed by atoms with Crippen LogP contribution in [0.1, 0.15) is 46.0 Å². The normalized spacial score (nSPS) is 8.96. The number of hydrogen-bond acceptors (Lipinski definition) is 7. The second kappa shape index (κ2) is 14.6. The molecule has 2 N–H and O–H groups in total. The SMILES string of the molecule is CC.CC(C)=O.CCc1nc(-c2nnn(C)c2COC(=O)NC)ccc1O.[V]. The number of carbonyl (C=O) groups is 2. The van der Waals surface area contributed by atoms with Crippen LogP contribution in [0.15, 0.2) is 12.1 Å². The molecule has 1 radical (unpaired) electrons. The van der Waals surface area contributed by atoms with Gasteiger partial charge in [-0.05, 0) is 32.4 Å². The van der Waals surface area contributed by atoms with Gasteiger partial charge in [0.25, 0.3) is 0 Å². The van der Waals surface area contributed by atoms with Crippen LogP contribution >= 0.6 is 0 Å². The summed E-state index contributed by atoms with van der Waals surface area (Å²) in [4.78, 5) is 25.0. The molecule has 0 atom stereocenters. The molecule has 0 saturated heterocycles. The number of amides is 1. The maximum atomic E-state index is 11.2. The molecule has 2 rings (SSSR count). The van der Waals surface area contributed by atoms with Gasteiger partial charge in [-0.15, -0.1) is 5.10 Å². The van der Waals surface area contributed by atoms with Gasteiger partial charge in [0.05, 0.1) is 11.4 Å². The standard InChI is InChI=1S/C13H17N5O3.C3H6O.C2H6.V/c1-4-8-11(19)6-5-9(15-8)12-10(18(3)17-16-12)7-21-13(20)14-2;1-3(2)4;1-2;/h5-6,19H,4,7H2,1-3H3,(H,14,20);1-2H3;1-2H3;. The van der Waals surface area contributed by atoms with Gasteiger partial charge in [-0.1, -0.05) is 26.0 Å². The van der Waals surface area contributed by atoms with Crippen molar-refractivity contribution in [2.24, 2.45) is 7.05 Å². The van der Waals surface area contributed by atoms with Crippen LogP contribution in [-0.2, 0) is 48.2 Å². The molecule has 2 aromatic rings. The maximum Gasteiger partial charge on any atom is 0.407 e. The van der Waals surface area contributed by atoms with E-state index in [1.54, 1.807) is 19.2 Å². The smallest absolute Gasteiger partial charge is 0.407 e. The first-order valence-electron chi connectivity index (χ1n) is 8.69. The summed E-state index contributed by atoms with van der Waals surface area (Å²) in [6.45, 7) is 8.99. The molecule has 0 unspecified atom stereocenters. The number of aromatic hydroxyl groups is 1. The Balaban J connectivity index is 0. The van der Waals surface area contributed by atoms with Gasteiger partial charge in [0.15, 0.2) is 0 Å². The van der Waals surface area contributed by atoms with Crippen LogP contribution in [0.2, 0.25) is 0 Å². The van der Waals surface area contributed by atoms with E-state index in [0.29, 0.717) is 29.2 Å². The number of ether oxygens (including phenoxy) is 1. The van der Waals surface area contributed by atoms with Crippen molar-refractivity contribution in [3.05, 3.63) is 23.5 Å². The minimum Gasteiger partial charge on any atom is -0.506 e. The Hall–Kier alpha value is -2.39. The molecule has 28 heavy (non-hydrogen) atoms. The predicted molar refractivity (Wildman–Crippen MR) is 102 cm³/mol. The number of alkyl carbamates (subject to hydrolysis) is 1. The van der Waals surface area contributed by atoms with Gasteiger partial charge in [0.1, 0.15) is 29.5 Å². The van der Waals surface area contributed by atoms with Gasteiger partial charge in [0.2, 0.25) is 0 Å². The number of aromatic nitrogens is 4. The fraction of sp³-hybridized carbons (Fsp3) is 0.500. The zero-order chi connectivity index (χ0) is 21.0. The molecule has 0 fully saturated rings. The number of aryl methyl sites for hydroxylation is 2. The molecule has 0 bridgehead atoms. The Morgan fingerprint density at radius 3 is 2.32 bits per heavy atom. The van der Waals surface area contributed by atoms with E-state index in [0.717, 1.165) is 0 Å². The number of nitrogens with zero attached hydrogens (tertiary/aromatic N) is 4. The first-order valence-corrected chi connectivity index (χ1v) is 8.69. The third-order valence-electron chi connectivity index (χ3n) is 3.01. The molecule has 2 aromatic heterocycles. The fourth-order valence-electron chi connectivity index (χ4n) is 1.83. The summed E-state index contributed by atoms with van der Waals surface area (Å²) in [5.74, 6) is 0.313. The molecule has 0 aliphatic heterocycles. The molecule has 0 aromatic carbocycles. The van der Waals surface area contributed by atoms with Gasteiger partial charge in [-0.25, -0.2) is 14.5 Å². The molecule has 0 spiro atoms. The zero-order valence-corrected chi connectivity index (χ0v) is 18.9. The number of hydrogen-bond donors (Lipinski definition) is 2. The first-order chi connectivity index (χ1) is 12.8. The second-order valence-electron chi connectivity index (χ2n) is 5.26. The second-order valence-corrected chi connectivity index (χ2v) is 5.26. The van der Waals surface area contributed by atoms with Crippen molar-refractivity contribution in [1.82, 2.24) is 25.3 Å². The quantitative estimate of drug-likeness (QED) is 0.765. The van der Waals surface area contributed by atoms with Crippen molar-refractivity contribution in [2.75, 3.05) is 7.05 Å². The Morgan fingerprint density at radius 2 is 1.82 bits per heavy atom. The third-order valence-corrected chi connectivity index (χ3v) is 3.01. The average Bonchev–Trinajstić information content (AvgIpc) is 3.02. The van der Waals surface area contributed by atoms with E-state index < -0.39 is 6.09 Å². The van der Waals surface area contributed by atoms with Crippen LogP contribution in [-0.4, -0.2) is 44.0 Å². The van der Waals surface area contributed by atoms with Crippen molar-refractivity contribution in [3.8, 4) is 17.1 Å². The minimum absolute atomic E-state index is 0. The zero-order valence-electron chi connectivity index (χ0n) is 17.5. The summed E-state index contributed by atoms with van der Waals surface area (Å²) in [6, 6.07) is 3.22. The summed E-state index contributed by atoms with van der Waals surface area (Å²) in [7, 11) is 3.19. The van der Waals surface area contributed by atoms with E-state index in [-0.39, 0.29) is 36.7 Å². The number of ketones is 1. The summed E-state index contributed by atoms with van der Waals surface area (Å²) >= 11 is 0. The molecule has 1 amide bonds. The number of nitrogens with one attached hydrogen (secondary N) is 1. The predicted octanol–water partition coefficient (Wildman–Crippen LogP) is 2.62. The van der Waals surface area contributed by atoms with Crippen LogP contribution in [0.25, 0.3) is 11.4 Å². The minimum atomic E-state index is -0.532. The monoisotopic (exact) mass is 430 g/mol. The van der Waals surface area contributed by atoms with Gasteiger partial charge < -0.3 is 20.0 Å². The van der Waals surface area contributed by atoms with E-state index in [1.165, 1.54) is 25.6 Å². The van der Waals surface area contributed by atoms with Crippen molar-refractivity contribution in [3.63, 3.8) is 0 Å². The Labute approximate surface area is 177 Å². The molecule has 9 nitrogen and oxygen atoms in total. The molecule has 2 heterocycles. The molecule has 155 valence electrons. The van der Waals surface area contributed by atoms with Crippen molar-refractivity contribution in [2.45, 2.75) is 47.6 Å². The van der Waals surface area contributed by atoms with Crippen molar-refractivity contribution < 1.29 is 38.0 Å². The Kier molecular flexibility index (Phi) is 14.6. The van der Waals surface area contributed by atoms with Crippen LogP contribution in [0, 0.1) is 0 Å². The van der Waals surface area contributed by atoms with Gasteiger partial charge in [-0.2, -0.15) is 0 Å². The van der Waals surface area contributed by atoms with Crippen molar-refractivity contribution in [1.29, 1.82) is 0 Å². The summed E-state index contributed by atoms with van der Waals surface area (Å²) < 4.78 is 6.56. The molecule has 0 saturated carbocycles. The number of Topliss-reactive ketones (excluding diaryl/α,β-unsaturated/α-hetero) is 1. The largest absolute Gasteiger partial charge is 0.506 e. The average molecular weight is 430 g/mol. The van der Waals surface area contributed by atoms with Gasteiger partial charge >= 0.3 is 6.09 Å². The van der Waals surface area contributed by atoms with Crippen LogP contribution < -0.4 is 5.32 Å². The van der Waals surface area contributed by atoms with E-state index in [4.69, 9.17) is 4.74 Å².